The van der Waals surface area contributed by atoms with Gasteiger partial charge in [0.25, 0.3) is 0 Å². The number of hydrogen-bond acceptors (Lipinski definition) is 2. The molecule has 0 amide bonds. The fourth-order valence-electron chi connectivity index (χ4n) is 0.805. The molecule has 1 unspecified atom stereocenters. The zero-order valence-corrected chi connectivity index (χ0v) is 5.86. The molecule has 0 radical (unpaired) electrons. The van der Waals surface area contributed by atoms with E-state index in [4.69, 9.17) is 16.3 Å². The van der Waals surface area contributed by atoms with Crippen molar-refractivity contribution in [2.24, 2.45) is 0 Å². The van der Waals surface area contributed by atoms with Crippen molar-refractivity contribution < 1.29 is 9.53 Å². The number of carbonyl (C=O) groups is 1. The van der Waals surface area contributed by atoms with Crippen molar-refractivity contribution in [3.05, 3.63) is 0 Å². The molecule has 1 heterocycles. The molecule has 2 nitrogen and oxygen atoms in total. The molecule has 9 heavy (non-hydrogen) atoms. The highest BCUT2D eigenvalue weighted by atomic mass is 35.5. The second kappa shape index (κ2) is 3.18. The molecule has 0 aromatic heterocycles. The van der Waals surface area contributed by atoms with Gasteiger partial charge in [-0.25, -0.2) is 0 Å². The van der Waals surface area contributed by atoms with E-state index in [1.54, 1.807) is 0 Å². The fraction of sp³-hybridized carbons (Fsp3) is 0.833. The molecule has 0 aromatic rings. The predicted octanol–water partition coefficient (Wildman–Crippen LogP) is 0.973. The van der Waals surface area contributed by atoms with Crippen LogP contribution in [0.25, 0.3) is 0 Å². The molecule has 1 atom stereocenters. The molecular formula is C6H9ClO2. The summed E-state index contributed by atoms with van der Waals surface area (Å²) in [5, 5.41) is -0.000000000000000222. The normalized spacial score (nSPS) is 29.9. The Morgan fingerprint density at radius 3 is 3.22 bits per heavy atom. The molecule has 0 saturated carbocycles. The maximum atomic E-state index is 10.7. The van der Waals surface area contributed by atoms with Gasteiger partial charge in [0.1, 0.15) is 6.61 Å². The Morgan fingerprint density at radius 2 is 2.44 bits per heavy atom. The van der Waals surface area contributed by atoms with E-state index in [9.17, 15) is 4.79 Å². The van der Waals surface area contributed by atoms with Crippen molar-refractivity contribution in [2.45, 2.75) is 18.2 Å². The van der Waals surface area contributed by atoms with Crippen LogP contribution < -0.4 is 0 Å². The Kier molecular flexibility index (Phi) is 2.49. The SMILES string of the molecule is O=C1COCCC(Cl)C1. The van der Waals surface area contributed by atoms with Crippen molar-refractivity contribution >= 4 is 17.4 Å². The van der Waals surface area contributed by atoms with E-state index < -0.39 is 0 Å². The monoisotopic (exact) mass is 148 g/mol. The molecule has 3 heteroatoms. The topological polar surface area (TPSA) is 26.3 Å². The lowest BCUT2D eigenvalue weighted by atomic mass is 10.2. The van der Waals surface area contributed by atoms with Gasteiger partial charge in [0.05, 0.1) is 0 Å². The summed E-state index contributed by atoms with van der Waals surface area (Å²) in [6.07, 6.45) is 1.27. The van der Waals surface area contributed by atoms with E-state index in [1.165, 1.54) is 0 Å². The van der Waals surface area contributed by atoms with Gasteiger partial charge in [-0.05, 0) is 6.42 Å². The van der Waals surface area contributed by atoms with Crippen LogP contribution in [0.5, 0.6) is 0 Å². The molecule has 1 saturated heterocycles. The van der Waals surface area contributed by atoms with E-state index in [-0.39, 0.29) is 17.8 Å². The average Bonchev–Trinajstić information content (AvgIpc) is 1.93. The standard InChI is InChI=1S/C6H9ClO2/c7-5-1-2-9-4-6(8)3-5/h5H,1-4H2. The summed E-state index contributed by atoms with van der Waals surface area (Å²) < 4.78 is 4.94. The number of carbonyl (C=O) groups excluding carboxylic acids is 1. The summed E-state index contributed by atoms with van der Waals surface area (Å²) in [5.74, 6) is 0.118. The van der Waals surface area contributed by atoms with Crippen molar-refractivity contribution in [3.63, 3.8) is 0 Å². The van der Waals surface area contributed by atoms with Crippen LogP contribution in [0.15, 0.2) is 0 Å². The third-order valence-electron chi connectivity index (χ3n) is 1.29. The van der Waals surface area contributed by atoms with Crippen LogP contribution in [0.3, 0.4) is 0 Å². The zero-order chi connectivity index (χ0) is 6.69. The summed E-state index contributed by atoms with van der Waals surface area (Å²) in [7, 11) is 0. The van der Waals surface area contributed by atoms with Crippen molar-refractivity contribution in [3.8, 4) is 0 Å². The molecule has 52 valence electrons. The number of ketones is 1. The van der Waals surface area contributed by atoms with Crippen LogP contribution in [0.2, 0.25) is 0 Å². The van der Waals surface area contributed by atoms with Gasteiger partial charge in [0.15, 0.2) is 5.78 Å². The van der Waals surface area contributed by atoms with E-state index in [0.29, 0.717) is 13.0 Å². The minimum absolute atomic E-state index is 0.000000000000000222. The number of Topliss-reactive ketones (excluding diaryl/α,β-unsaturated/α-hetero) is 1. The number of alkyl halides is 1. The second-order valence-electron chi connectivity index (χ2n) is 2.18. The minimum atomic E-state index is -0.000000000000000222. The lowest BCUT2D eigenvalue weighted by Gasteiger charge is -1.98. The Balaban J connectivity index is 2.37. The van der Waals surface area contributed by atoms with E-state index in [1.807, 2.05) is 0 Å². The molecule has 0 spiro atoms. The molecule has 0 aromatic carbocycles. The van der Waals surface area contributed by atoms with E-state index in [0.717, 1.165) is 6.42 Å². The highest BCUT2D eigenvalue weighted by Gasteiger charge is 2.14. The van der Waals surface area contributed by atoms with Gasteiger partial charge in [0, 0.05) is 18.4 Å². The highest BCUT2D eigenvalue weighted by molar-refractivity contribution is 6.21. The summed E-state index contributed by atoms with van der Waals surface area (Å²) in [4.78, 5) is 10.7. The third kappa shape index (κ3) is 2.33. The molecule has 1 fully saturated rings. The number of ether oxygens (including phenoxy) is 1. The van der Waals surface area contributed by atoms with Crippen LogP contribution in [0.4, 0.5) is 0 Å². The van der Waals surface area contributed by atoms with E-state index in [2.05, 4.69) is 0 Å². The largest absolute Gasteiger partial charge is 0.374 e. The number of halogens is 1. The summed E-state index contributed by atoms with van der Waals surface area (Å²) in [6.45, 7) is 0.878. The lowest BCUT2D eigenvalue weighted by molar-refractivity contribution is -0.122. The Hall–Kier alpha value is -0.0800. The summed E-state index contributed by atoms with van der Waals surface area (Å²) in [5.41, 5.74) is 0. The molecule has 0 N–H and O–H groups in total. The Labute approximate surface area is 59.1 Å². The molecular weight excluding hydrogens is 140 g/mol. The van der Waals surface area contributed by atoms with Crippen LogP contribution in [-0.4, -0.2) is 24.4 Å². The first-order chi connectivity index (χ1) is 4.29. The van der Waals surface area contributed by atoms with Crippen molar-refractivity contribution in [1.29, 1.82) is 0 Å². The van der Waals surface area contributed by atoms with Gasteiger partial charge in [0.2, 0.25) is 0 Å². The number of hydrogen-bond donors (Lipinski definition) is 0. The first-order valence-corrected chi connectivity index (χ1v) is 3.46. The molecule has 0 aliphatic carbocycles. The molecule has 0 bridgehead atoms. The first-order valence-electron chi connectivity index (χ1n) is 3.02. The minimum Gasteiger partial charge on any atom is -0.374 e. The maximum Gasteiger partial charge on any atom is 0.159 e. The predicted molar refractivity (Wildman–Crippen MR) is 34.7 cm³/mol. The molecule has 1 aliphatic rings. The van der Waals surface area contributed by atoms with Gasteiger partial charge in [-0.1, -0.05) is 0 Å². The molecule has 1 rings (SSSR count). The Morgan fingerprint density at radius 1 is 1.67 bits per heavy atom. The van der Waals surface area contributed by atoms with Crippen LogP contribution in [0, 0.1) is 0 Å². The van der Waals surface area contributed by atoms with Gasteiger partial charge < -0.3 is 4.74 Å². The lowest BCUT2D eigenvalue weighted by Crippen LogP contribution is -2.07. The van der Waals surface area contributed by atoms with Crippen molar-refractivity contribution in [1.82, 2.24) is 0 Å². The van der Waals surface area contributed by atoms with Gasteiger partial charge in [-0.3, -0.25) is 4.79 Å². The second-order valence-corrected chi connectivity index (χ2v) is 2.80. The third-order valence-corrected chi connectivity index (χ3v) is 1.66. The summed E-state index contributed by atoms with van der Waals surface area (Å²) in [6, 6.07) is 0. The maximum absolute atomic E-state index is 10.7. The van der Waals surface area contributed by atoms with Crippen LogP contribution >= 0.6 is 11.6 Å². The summed E-state index contributed by atoms with van der Waals surface area (Å²) >= 11 is 5.72. The van der Waals surface area contributed by atoms with Gasteiger partial charge in [-0.15, -0.1) is 11.6 Å². The van der Waals surface area contributed by atoms with Gasteiger partial charge in [-0.2, -0.15) is 0 Å². The number of rotatable bonds is 0. The molecule has 1 aliphatic heterocycles. The van der Waals surface area contributed by atoms with Crippen LogP contribution in [0.1, 0.15) is 12.8 Å². The zero-order valence-electron chi connectivity index (χ0n) is 5.10. The smallest absolute Gasteiger partial charge is 0.159 e. The highest BCUT2D eigenvalue weighted by Crippen LogP contribution is 2.11. The van der Waals surface area contributed by atoms with Crippen LogP contribution in [-0.2, 0) is 9.53 Å². The Bertz CT molecular complexity index is 114. The fourth-order valence-corrected chi connectivity index (χ4v) is 1.07. The first kappa shape index (κ1) is 7.03. The average molecular weight is 149 g/mol. The quantitative estimate of drug-likeness (QED) is 0.479. The van der Waals surface area contributed by atoms with Crippen molar-refractivity contribution in [2.75, 3.05) is 13.2 Å². The van der Waals surface area contributed by atoms with E-state index >= 15 is 0 Å². The van der Waals surface area contributed by atoms with Gasteiger partial charge >= 0.3 is 0 Å².